The van der Waals surface area contributed by atoms with Gasteiger partial charge in [-0.05, 0) is 6.42 Å². The molecule has 27 heavy (non-hydrogen) atoms. The summed E-state index contributed by atoms with van der Waals surface area (Å²) in [4.78, 5) is 65.8. The van der Waals surface area contributed by atoms with E-state index in [-0.39, 0.29) is 42.4 Å². The summed E-state index contributed by atoms with van der Waals surface area (Å²) in [5.41, 5.74) is -4.80. The van der Waals surface area contributed by atoms with Crippen LogP contribution in [0, 0.1) is 45.3 Å². The lowest BCUT2D eigenvalue weighted by molar-refractivity contribution is -0.207. The second kappa shape index (κ2) is 4.31. The summed E-state index contributed by atoms with van der Waals surface area (Å²) < 4.78 is 0. The lowest BCUT2D eigenvalue weighted by Crippen LogP contribution is -2.75. The van der Waals surface area contributed by atoms with Crippen molar-refractivity contribution in [1.29, 1.82) is 0 Å². The number of carbonyl (C=O) groups excluding carboxylic acids is 4. The highest BCUT2D eigenvalue weighted by Gasteiger charge is 2.90. The van der Waals surface area contributed by atoms with E-state index in [9.17, 15) is 29.1 Å². The SMILES string of the molecule is CC12CC(=O)C3C45CC=C[C@H](CC(=O)O)[C@]4(C)C(=O)C(C1C5=O)[C@]3(C)C2=O. The van der Waals surface area contributed by atoms with Crippen molar-refractivity contribution >= 4 is 29.1 Å². The van der Waals surface area contributed by atoms with E-state index in [0.29, 0.717) is 0 Å². The van der Waals surface area contributed by atoms with Crippen molar-refractivity contribution in [3.05, 3.63) is 12.2 Å². The fourth-order valence-corrected chi connectivity index (χ4v) is 8.10. The molecule has 5 fully saturated rings. The van der Waals surface area contributed by atoms with Crippen LogP contribution in [-0.2, 0) is 24.0 Å². The second-order valence-electron chi connectivity index (χ2n) is 9.80. The predicted molar refractivity (Wildman–Crippen MR) is 91.4 cm³/mol. The first-order valence-electron chi connectivity index (χ1n) is 9.53. The van der Waals surface area contributed by atoms with E-state index in [2.05, 4.69) is 0 Å². The molecule has 6 aliphatic carbocycles. The van der Waals surface area contributed by atoms with Crippen molar-refractivity contribution in [1.82, 2.24) is 0 Å². The summed E-state index contributed by atoms with van der Waals surface area (Å²) in [5, 5.41) is 9.37. The monoisotopic (exact) mass is 370 g/mol. The number of Topliss-reactive ketones (excluding diaryl/α,β-unsaturated/α-hetero) is 4. The molecule has 6 nitrogen and oxygen atoms in total. The molecule has 0 aromatic heterocycles. The molecule has 142 valence electrons. The van der Waals surface area contributed by atoms with Crippen LogP contribution < -0.4 is 0 Å². The number of carbonyl (C=O) groups is 5. The molecular formula is C21H22O6. The predicted octanol–water partition coefficient (Wildman–Crippen LogP) is 1.61. The van der Waals surface area contributed by atoms with Crippen molar-refractivity contribution in [3.8, 4) is 0 Å². The molecule has 6 rings (SSSR count). The van der Waals surface area contributed by atoms with Gasteiger partial charge in [0.2, 0.25) is 0 Å². The molecule has 1 N–H and O–H groups in total. The number of hydrogen-bond donors (Lipinski definition) is 1. The van der Waals surface area contributed by atoms with E-state index in [1.54, 1.807) is 32.9 Å². The van der Waals surface area contributed by atoms with Crippen molar-refractivity contribution in [2.45, 2.75) is 40.0 Å². The summed E-state index contributed by atoms with van der Waals surface area (Å²) in [5.74, 6) is -4.67. The molecule has 0 amide bonds. The van der Waals surface area contributed by atoms with Crippen molar-refractivity contribution < 1.29 is 29.1 Å². The zero-order valence-electron chi connectivity index (χ0n) is 15.6. The van der Waals surface area contributed by atoms with E-state index >= 15 is 0 Å². The number of fused-ring (bicyclic) bond motifs is 1. The lowest BCUT2D eigenvalue weighted by Gasteiger charge is -2.67. The van der Waals surface area contributed by atoms with Crippen molar-refractivity contribution in [3.63, 3.8) is 0 Å². The molecule has 8 atom stereocenters. The average molecular weight is 370 g/mol. The van der Waals surface area contributed by atoms with Gasteiger partial charge in [0.1, 0.15) is 23.1 Å². The Morgan fingerprint density at radius 1 is 1.11 bits per heavy atom. The van der Waals surface area contributed by atoms with Crippen molar-refractivity contribution in [2.75, 3.05) is 0 Å². The molecule has 0 aliphatic heterocycles. The van der Waals surface area contributed by atoms with Gasteiger partial charge < -0.3 is 5.11 Å². The van der Waals surface area contributed by atoms with Gasteiger partial charge in [0.05, 0.1) is 11.8 Å². The van der Waals surface area contributed by atoms with Gasteiger partial charge in [-0.2, -0.15) is 0 Å². The van der Waals surface area contributed by atoms with E-state index in [1.165, 1.54) is 0 Å². The fourth-order valence-electron chi connectivity index (χ4n) is 8.10. The average Bonchev–Trinajstić information content (AvgIpc) is 2.62. The molecule has 0 saturated heterocycles. The number of carboxylic acids is 1. The number of hydrogen-bond acceptors (Lipinski definition) is 5. The zero-order chi connectivity index (χ0) is 19.7. The highest BCUT2D eigenvalue weighted by atomic mass is 16.4. The lowest BCUT2D eigenvalue weighted by atomic mass is 9.32. The van der Waals surface area contributed by atoms with E-state index in [1.807, 2.05) is 0 Å². The van der Waals surface area contributed by atoms with Gasteiger partial charge in [0.25, 0.3) is 0 Å². The van der Waals surface area contributed by atoms with Gasteiger partial charge in [-0.25, -0.2) is 0 Å². The molecule has 1 spiro atoms. The normalized spacial score (nSPS) is 54.6. The quantitative estimate of drug-likeness (QED) is 0.741. The minimum absolute atomic E-state index is 0.0113. The Hall–Kier alpha value is -2.11. The third-order valence-electron chi connectivity index (χ3n) is 9.02. The summed E-state index contributed by atoms with van der Waals surface area (Å²) >= 11 is 0. The molecule has 5 bridgehead atoms. The Morgan fingerprint density at radius 2 is 1.78 bits per heavy atom. The molecule has 6 aliphatic rings. The minimum Gasteiger partial charge on any atom is -0.481 e. The number of ketones is 4. The maximum absolute atomic E-state index is 13.8. The molecule has 5 unspecified atom stereocenters. The van der Waals surface area contributed by atoms with Gasteiger partial charge in [-0.3, -0.25) is 24.0 Å². The zero-order valence-corrected chi connectivity index (χ0v) is 15.6. The molecule has 5 saturated carbocycles. The van der Waals surface area contributed by atoms with Crippen LogP contribution in [-0.4, -0.2) is 34.2 Å². The Labute approximate surface area is 156 Å². The van der Waals surface area contributed by atoms with E-state index < -0.39 is 51.3 Å². The summed E-state index contributed by atoms with van der Waals surface area (Å²) in [6.07, 6.45) is 3.44. The first-order valence-corrected chi connectivity index (χ1v) is 9.53. The number of rotatable bonds is 2. The van der Waals surface area contributed by atoms with Crippen LogP contribution >= 0.6 is 0 Å². The molecule has 0 radical (unpaired) electrons. The Bertz CT molecular complexity index is 916. The van der Waals surface area contributed by atoms with Crippen LogP contribution in [0.3, 0.4) is 0 Å². The van der Waals surface area contributed by atoms with Crippen LogP contribution in [0.1, 0.15) is 40.0 Å². The molecule has 0 aromatic rings. The minimum atomic E-state index is -1.30. The van der Waals surface area contributed by atoms with E-state index in [4.69, 9.17) is 0 Å². The number of carboxylic acid groups (broad SMARTS) is 1. The summed E-state index contributed by atoms with van der Waals surface area (Å²) in [6, 6.07) is 0. The van der Waals surface area contributed by atoms with Gasteiger partial charge in [0.15, 0.2) is 0 Å². The molecule has 6 heteroatoms. The van der Waals surface area contributed by atoms with Gasteiger partial charge >= 0.3 is 5.97 Å². The second-order valence-corrected chi connectivity index (χ2v) is 9.80. The number of allylic oxidation sites excluding steroid dienone is 2. The fraction of sp³-hybridized carbons (Fsp3) is 0.667. The van der Waals surface area contributed by atoms with E-state index in [0.717, 1.165) is 0 Å². The van der Waals surface area contributed by atoms with Crippen LogP contribution in [0.4, 0.5) is 0 Å². The maximum Gasteiger partial charge on any atom is 0.303 e. The molecule has 0 aromatic carbocycles. The highest BCUT2D eigenvalue weighted by Crippen LogP contribution is 2.81. The van der Waals surface area contributed by atoms with Crippen LogP contribution in [0.25, 0.3) is 0 Å². The first kappa shape index (κ1) is 17.0. The maximum atomic E-state index is 13.8. The Kier molecular flexibility index (Phi) is 2.72. The van der Waals surface area contributed by atoms with Gasteiger partial charge in [0, 0.05) is 46.3 Å². The Morgan fingerprint density at radius 3 is 2.41 bits per heavy atom. The molecule has 0 heterocycles. The largest absolute Gasteiger partial charge is 0.481 e. The van der Waals surface area contributed by atoms with Crippen molar-refractivity contribution in [2.24, 2.45) is 45.3 Å². The van der Waals surface area contributed by atoms with Crippen LogP contribution in [0.5, 0.6) is 0 Å². The van der Waals surface area contributed by atoms with Crippen LogP contribution in [0.2, 0.25) is 0 Å². The standard InChI is InChI=1S/C21H22O6/c1-18-8-10(22)14-19(2,17(18)27)13-12(18)16(26)21(14)6-4-5-9(7-11(23)24)20(21,3)15(13)25/h4-5,9,12-14H,6-8H2,1-3H3,(H,23,24)/t9-,12?,13?,14?,18?,19+,20-,21?/m1/s1. The highest BCUT2D eigenvalue weighted by molar-refractivity contribution is 6.22. The van der Waals surface area contributed by atoms with Crippen LogP contribution in [0.15, 0.2) is 12.2 Å². The smallest absolute Gasteiger partial charge is 0.303 e. The Balaban J connectivity index is 1.86. The summed E-state index contributed by atoms with van der Waals surface area (Å²) in [7, 11) is 0. The summed E-state index contributed by atoms with van der Waals surface area (Å²) in [6.45, 7) is 5.05. The number of aliphatic carboxylic acids is 1. The first-order chi connectivity index (χ1) is 12.5. The molecular weight excluding hydrogens is 348 g/mol. The third kappa shape index (κ3) is 1.33. The third-order valence-corrected chi connectivity index (χ3v) is 9.02. The topological polar surface area (TPSA) is 106 Å². The van der Waals surface area contributed by atoms with Gasteiger partial charge in [-0.15, -0.1) is 0 Å². The van der Waals surface area contributed by atoms with Gasteiger partial charge in [-0.1, -0.05) is 32.9 Å².